The van der Waals surface area contributed by atoms with E-state index >= 15 is 0 Å². The average molecular weight is 284 g/mol. The highest BCUT2D eigenvalue weighted by Crippen LogP contribution is 2.29. The van der Waals surface area contributed by atoms with Crippen LogP contribution >= 0.6 is 23.7 Å². The van der Waals surface area contributed by atoms with Gasteiger partial charge in [-0.25, -0.2) is 0 Å². The Bertz CT molecular complexity index is 404. The topological polar surface area (TPSA) is 3.24 Å². The summed E-state index contributed by atoms with van der Waals surface area (Å²) in [6, 6.07) is 2.28. The third kappa shape index (κ3) is 3.37. The largest absolute Gasteiger partial charge is 0.303 e. The summed E-state index contributed by atoms with van der Waals surface area (Å²) in [6.07, 6.45) is 10.6. The van der Waals surface area contributed by atoms with Crippen LogP contribution in [0, 0.1) is 0 Å². The van der Waals surface area contributed by atoms with Crippen molar-refractivity contribution in [2.75, 3.05) is 19.6 Å². The van der Waals surface area contributed by atoms with Crippen molar-refractivity contribution in [3.8, 4) is 0 Å². The van der Waals surface area contributed by atoms with Gasteiger partial charge in [0.1, 0.15) is 0 Å². The van der Waals surface area contributed by atoms with Crippen LogP contribution < -0.4 is 0 Å². The fourth-order valence-electron chi connectivity index (χ4n) is 2.93. The third-order valence-corrected chi connectivity index (χ3v) is 5.01. The van der Waals surface area contributed by atoms with Crippen molar-refractivity contribution < 1.29 is 0 Å². The fourth-order valence-corrected chi connectivity index (χ4v) is 3.79. The molecule has 0 radical (unpaired) electrons. The first-order valence-corrected chi connectivity index (χ1v) is 7.78. The molecule has 3 rings (SSSR count). The van der Waals surface area contributed by atoms with E-state index < -0.39 is 0 Å². The number of hydrogen-bond donors (Lipinski definition) is 0. The Labute approximate surface area is 120 Å². The lowest BCUT2D eigenvalue weighted by molar-refractivity contribution is 0.231. The standard InChI is InChI=1S/C15H21NS.ClH/c1-2-8-16(9-3-1)10-6-13-4-5-15-14(12-13)7-11-17-15;/h7,11-12H,1-6,8-10H2;1H. The van der Waals surface area contributed by atoms with E-state index in [4.69, 9.17) is 0 Å². The average Bonchev–Trinajstić information content (AvgIpc) is 2.85. The first kappa shape index (κ1) is 14.1. The minimum absolute atomic E-state index is 0. The molecule has 0 unspecified atom stereocenters. The number of piperidine rings is 1. The Morgan fingerprint density at radius 3 is 2.78 bits per heavy atom. The van der Waals surface area contributed by atoms with Crippen LogP contribution in [-0.4, -0.2) is 24.5 Å². The molecule has 0 aromatic carbocycles. The number of aryl methyl sites for hydroxylation is 1. The molecule has 1 aliphatic carbocycles. The lowest BCUT2D eigenvalue weighted by Gasteiger charge is -2.27. The number of halogens is 1. The maximum atomic E-state index is 2.65. The molecule has 1 fully saturated rings. The molecule has 0 bridgehead atoms. The number of thiophene rings is 1. The normalized spacial score (nSPS) is 19.9. The van der Waals surface area contributed by atoms with Crippen molar-refractivity contribution in [2.24, 2.45) is 0 Å². The number of likely N-dealkylation sites (tertiary alicyclic amines) is 1. The van der Waals surface area contributed by atoms with Gasteiger partial charge < -0.3 is 4.90 Å². The summed E-state index contributed by atoms with van der Waals surface area (Å²) in [7, 11) is 0. The quantitative estimate of drug-likeness (QED) is 0.796. The van der Waals surface area contributed by atoms with E-state index in [0.717, 1.165) is 0 Å². The number of rotatable bonds is 3. The van der Waals surface area contributed by atoms with E-state index in [1.54, 1.807) is 10.5 Å². The molecule has 0 amide bonds. The molecule has 2 aliphatic rings. The molecule has 1 saturated heterocycles. The third-order valence-electron chi connectivity index (χ3n) is 4.01. The van der Waals surface area contributed by atoms with Gasteiger partial charge in [0.25, 0.3) is 0 Å². The second-order valence-electron chi connectivity index (χ2n) is 5.25. The van der Waals surface area contributed by atoms with Crippen molar-refractivity contribution >= 4 is 29.8 Å². The van der Waals surface area contributed by atoms with Crippen LogP contribution in [0.2, 0.25) is 0 Å². The van der Waals surface area contributed by atoms with Gasteiger partial charge in [-0.1, -0.05) is 18.1 Å². The zero-order valence-electron chi connectivity index (χ0n) is 10.9. The Kier molecular flexibility index (Phi) is 5.28. The van der Waals surface area contributed by atoms with Crippen LogP contribution in [0.15, 0.2) is 17.0 Å². The maximum absolute atomic E-state index is 2.65. The number of hydrogen-bond acceptors (Lipinski definition) is 2. The van der Waals surface area contributed by atoms with Gasteiger partial charge in [0.2, 0.25) is 0 Å². The molecule has 3 heteroatoms. The Hall–Kier alpha value is -0.310. The predicted molar refractivity (Wildman–Crippen MR) is 82.8 cm³/mol. The van der Waals surface area contributed by atoms with Crippen molar-refractivity contribution in [1.29, 1.82) is 0 Å². The van der Waals surface area contributed by atoms with Crippen LogP contribution in [-0.2, 0) is 6.42 Å². The smallest absolute Gasteiger partial charge is 0.0121 e. The van der Waals surface area contributed by atoms with E-state index in [2.05, 4.69) is 22.4 Å². The van der Waals surface area contributed by atoms with Gasteiger partial charge in [-0.15, -0.1) is 23.7 Å². The van der Waals surface area contributed by atoms with Crippen molar-refractivity contribution in [1.82, 2.24) is 4.90 Å². The summed E-state index contributed by atoms with van der Waals surface area (Å²) in [5.41, 5.74) is 3.16. The van der Waals surface area contributed by atoms with E-state index in [0.29, 0.717) is 0 Å². The van der Waals surface area contributed by atoms with Crippen LogP contribution in [0.3, 0.4) is 0 Å². The first-order valence-electron chi connectivity index (χ1n) is 6.90. The van der Waals surface area contributed by atoms with Gasteiger partial charge in [-0.05, 0) is 62.2 Å². The van der Waals surface area contributed by atoms with Gasteiger partial charge in [0.15, 0.2) is 0 Å². The lowest BCUT2D eigenvalue weighted by Crippen LogP contribution is -2.30. The van der Waals surface area contributed by atoms with E-state index in [-0.39, 0.29) is 12.4 Å². The molecule has 0 saturated carbocycles. The second kappa shape index (κ2) is 6.74. The fraction of sp³-hybridized carbons (Fsp3) is 0.600. The lowest BCUT2D eigenvalue weighted by atomic mass is 9.96. The monoisotopic (exact) mass is 283 g/mol. The molecule has 1 aromatic heterocycles. The summed E-state index contributed by atoms with van der Waals surface area (Å²) in [4.78, 5) is 4.24. The first-order chi connectivity index (χ1) is 8.42. The summed E-state index contributed by atoms with van der Waals surface area (Å²) in [6.45, 7) is 3.94. The molecule has 0 N–H and O–H groups in total. The summed E-state index contributed by atoms with van der Waals surface area (Å²) in [5.74, 6) is 0. The summed E-state index contributed by atoms with van der Waals surface area (Å²) < 4.78 is 0. The highest BCUT2D eigenvalue weighted by atomic mass is 35.5. The molecule has 0 atom stereocenters. The van der Waals surface area contributed by atoms with Gasteiger partial charge >= 0.3 is 0 Å². The molecule has 0 spiro atoms. The van der Waals surface area contributed by atoms with Crippen LogP contribution in [0.5, 0.6) is 0 Å². The molecule has 100 valence electrons. The maximum Gasteiger partial charge on any atom is 0.0121 e. The Balaban J connectivity index is 0.00000120. The van der Waals surface area contributed by atoms with E-state index in [1.807, 2.05) is 11.3 Å². The predicted octanol–water partition coefficient (Wildman–Crippen LogP) is 4.38. The van der Waals surface area contributed by atoms with Crippen molar-refractivity contribution in [3.63, 3.8) is 0 Å². The number of fused-ring (bicyclic) bond motifs is 1. The van der Waals surface area contributed by atoms with Gasteiger partial charge in [-0.2, -0.15) is 0 Å². The van der Waals surface area contributed by atoms with Crippen LogP contribution in [0.1, 0.15) is 42.5 Å². The number of nitrogens with zero attached hydrogens (tertiary/aromatic N) is 1. The Morgan fingerprint density at radius 2 is 1.94 bits per heavy atom. The molecule has 1 aromatic rings. The van der Waals surface area contributed by atoms with E-state index in [9.17, 15) is 0 Å². The van der Waals surface area contributed by atoms with Crippen LogP contribution in [0.25, 0.3) is 6.08 Å². The SMILES string of the molecule is C1=C(CCN2CCCCC2)CCc2sccc21.Cl. The minimum atomic E-state index is 0. The second-order valence-corrected chi connectivity index (χ2v) is 6.25. The molecule has 1 aliphatic heterocycles. The van der Waals surface area contributed by atoms with E-state index in [1.165, 1.54) is 63.7 Å². The highest BCUT2D eigenvalue weighted by molar-refractivity contribution is 7.10. The van der Waals surface area contributed by atoms with Gasteiger partial charge in [-0.3, -0.25) is 0 Å². The molecule has 1 nitrogen and oxygen atoms in total. The molecule has 18 heavy (non-hydrogen) atoms. The zero-order valence-corrected chi connectivity index (χ0v) is 12.5. The minimum Gasteiger partial charge on any atom is -0.303 e. The molecule has 2 heterocycles. The van der Waals surface area contributed by atoms with Gasteiger partial charge in [0.05, 0.1) is 0 Å². The molecular formula is C15H22ClNS. The Morgan fingerprint density at radius 1 is 1.11 bits per heavy atom. The van der Waals surface area contributed by atoms with Crippen LogP contribution in [0.4, 0.5) is 0 Å². The summed E-state index contributed by atoms with van der Waals surface area (Å²) in [5, 5.41) is 2.23. The van der Waals surface area contributed by atoms with Crippen molar-refractivity contribution in [2.45, 2.75) is 38.5 Å². The van der Waals surface area contributed by atoms with Crippen molar-refractivity contribution in [3.05, 3.63) is 27.5 Å². The molecular weight excluding hydrogens is 262 g/mol. The van der Waals surface area contributed by atoms with Gasteiger partial charge in [0, 0.05) is 11.4 Å². The zero-order chi connectivity index (χ0) is 11.5. The summed E-state index contributed by atoms with van der Waals surface area (Å²) >= 11 is 1.92. The highest BCUT2D eigenvalue weighted by Gasteiger charge is 2.14.